The lowest BCUT2D eigenvalue weighted by atomic mass is 9.95. The van der Waals surface area contributed by atoms with Gasteiger partial charge in [0.2, 0.25) is 0 Å². The number of hydrogen-bond donors (Lipinski definition) is 4. The first-order valence-electron chi connectivity index (χ1n) is 13.1. The number of benzene rings is 2. The number of furan rings is 1. The number of carboxylic acid groups (broad SMARTS) is 1. The molecule has 4 rings (SSSR count). The highest BCUT2D eigenvalue weighted by atomic mass is 16.5. The average Bonchev–Trinajstić information content (AvgIpc) is 3.44. The quantitative estimate of drug-likeness (QED) is 0.147. The van der Waals surface area contributed by atoms with Gasteiger partial charge in [0.25, 0.3) is 5.91 Å². The maximum Gasteiger partial charge on any atom is 0.338 e. The van der Waals surface area contributed by atoms with Crippen LogP contribution < -0.4 is 25.5 Å². The Morgan fingerprint density at radius 2 is 1.91 bits per heavy atom. The number of ether oxygens (including phenoxy) is 3. The number of carboxylic acids is 1. The number of urea groups is 1. The van der Waals surface area contributed by atoms with Gasteiger partial charge in [-0.15, -0.1) is 0 Å². The molecule has 1 aliphatic rings. The van der Waals surface area contributed by atoms with Crippen molar-refractivity contribution in [3.8, 4) is 22.8 Å². The summed E-state index contributed by atoms with van der Waals surface area (Å²) in [6, 6.07) is 11.7. The van der Waals surface area contributed by atoms with Crippen molar-refractivity contribution in [3.05, 3.63) is 82.3 Å². The Morgan fingerprint density at radius 1 is 1.12 bits per heavy atom. The Morgan fingerprint density at radius 3 is 2.63 bits per heavy atom. The van der Waals surface area contributed by atoms with Crippen molar-refractivity contribution in [2.45, 2.75) is 26.8 Å². The number of rotatable bonds is 11. The Labute approximate surface area is 246 Å². The zero-order valence-corrected chi connectivity index (χ0v) is 23.8. The molecular weight excluding hydrogens is 560 g/mol. The fraction of sp³-hybridized carbons (Fsp3) is 0.233. The molecule has 1 aliphatic heterocycles. The van der Waals surface area contributed by atoms with Crippen LogP contribution in [0.15, 0.2) is 69.3 Å². The molecule has 0 radical (unpaired) electrons. The Hall–Kier alpha value is -5.59. The number of hydrogen-bond acceptors (Lipinski definition) is 9. The van der Waals surface area contributed by atoms with Crippen molar-refractivity contribution in [1.82, 2.24) is 16.1 Å². The maximum atomic E-state index is 12.6. The van der Waals surface area contributed by atoms with E-state index < -0.39 is 36.5 Å². The highest BCUT2D eigenvalue weighted by Crippen LogP contribution is 2.34. The van der Waals surface area contributed by atoms with Crippen LogP contribution in [0.2, 0.25) is 0 Å². The van der Waals surface area contributed by atoms with Gasteiger partial charge in [-0.3, -0.25) is 4.79 Å². The van der Waals surface area contributed by atoms with Crippen LogP contribution in [0.4, 0.5) is 4.79 Å². The van der Waals surface area contributed by atoms with Gasteiger partial charge in [0.05, 0.1) is 37.1 Å². The van der Waals surface area contributed by atoms with Crippen molar-refractivity contribution < 1.29 is 42.9 Å². The summed E-state index contributed by atoms with van der Waals surface area (Å²) in [5, 5.41) is 18.5. The zero-order chi connectivity index (χ0) is 31.1. The molecule has 0 spiro atoms. The van der Waals surface area contributed by atoms with Crippen LogP contribution >= 0.6 is 0 Å². The number of hydrazone groups is 1. The summed E-state index contributed by atoms with van der Waals surface area (Å²) in [5.74, 6) is -0.847. The number of allylic oxidation sites excluding steroid dienone is 1. The Bertz CT molecular complexity index is 1620. The molecule has 43 heavy (non-hydrogen) atoms. The summed E-state index contributed by atoms with van der Waals surface area (Å²) >= 11 is 0. The van der Waals surface area contributed by atoms with Crippen molar-refractivity contribution in [1.29, 1.82) is 0 Å². The predicted molar refractivity (Wildman–Crippen MR) is 154 cm³/mol. The van der Waals surface area contributed by atoms with Gasteiger partial charge in [0, 0.05) is 11.3 Å². The standard InChI is InChI=1S/C30H30N4O9/c1-5-41-29(38)26-17(3)32-30(39)33-27(26)18-9-11-23(24(13-18)40-4)42-15-25(35)34-31-14-19-10-12-22(43-19)20-7-6-8-21(16(20)2)28(36)37/h6-14,27H,5,15H2,1-4H3,(H,34,35)(H,36,37)(H2,32,33,39)/b31-14-/t27-/m0/s1. The summed E-state index contributed by atoms with van der Waals surface area (Å²) in [6.45, 7) is 4.77. The van der Waals surface area contributed by atoms with Crippen molar-refractivity contribution in [3.63, 3.8) is 0 Å². The molecule has 1 atom stereocenters. The molecule has 2 aromatic carbocycles. The van der Waals surface area contributed by atoms with E-state index in [9.17, 15) is 24.3 Å². The second-order valence-corrected chi connectivity index (χ2v) is 9.27. The largest absolute Gasteiger partial charge is 0.493 e. The van der Waals surface area contributed by atoms with Crippen molar-refractivity contribution in [2.75, 3.05) is 20.3 Å². The molecule has 4 N–H and O–H groups in total. The normalized spacial score (nSPS) is 14.6. The van der Waals surface area contributed by atoms with Crippen LogP contribution in [-0.2, 0) is 14.3 Å². The molecule has 0 saturated heterocycles. The second kappa shape index (κ2) is 13.4. The first kappa shape index (κ1) is 30.4. The van der Waals surface area contributed by atoms with Gasteiger partial charge >= 0.3 is 18.0 Å². The van der Waals surface area contributed by atoms with Crippen LogP contribution in [0.25, 0.3) is 11.3 Å². The number of carbonyl (C=O) groups is 4. The molecule has 3 aromatic rings. The van der Waals surface area contributed by atoms with E-state index in [1.165, 1.54) is 19.4 Å². The topological polar surface area (TPSA) is 178 Å². The molecule has 224 valence electrons. The van der Waals surface area contributed by atoms with E-state index >= 15 is 0 Å². The third-order valence-electron chi connectivity index (χ3n) is 6.48. The number of aromatic carboxylic acids is 1. The molecule has 0 bridgehead atoms. The number of methoxy groups -OCH3 is 1. The zero-order valence-electron chi connectivity index (χ0n) is 23.8. The lowest BCUT2D eigenvalue weighted by Gasteiger charge is -2.28. The average molecular weight is 591 g/mol. The van der Waals surface area contributed by atoms with Gasteiger partial charge < -0.3 is 34.4 Å². The minimum atomic E-state index is -1.03. The fourth-order valence-electron chi connectivity index (χ4n) is 4.45. The monoisotopic (exact) mass is 590 g/mol. The molecule has 13 nitrogen and oxygen atoms in total. The lowest BCUT2D eigenvalue weighted by Crippen LogP contribution is -2.45. The maximum absolute atomic E-state index is 12.6. The summed E-state index contributed by atoms with van der Waals surface area (Å²) in [7, 11) is 1.42. The molecule has 1 aromatic heterocycles. The van der Waals surface area contributed by atoms with E-state index in [2.05, 4.69) is 21.2 Å². The van der Waals surface area contributed by atoms with E-state index in [1.807, 2.05) is 0 Å². The SMILES string of the molecule is CCOC(=O)C1=C(C)NC(=O)N[C@H]1c1ccc(OCC(=O)N/N=C\c2ccc(-c3cccc(C(=O)O)c3C)o2)c(OC)c1. The first-order valence-corrected chi connectivity index (χ1v) is 13.1. The summed E-state index contributed by atoms with van der Waals surface area (Å²) in [6.07, 6.45) is 1.30. The van der Waals surface area contributed by atoms with E-state index in [0.29, 0.717) is 33.9 Å². The van der Waals surface area contributed by atoms with Crippen LogP contribution in [0.5, 0.6) is 11.5 Å². The third kappa shape index (κ3) is 7.01. The van der Waals surface area contributed by atoms with Crippen LogP contribution in [-0.4, -0.2) is 55.5 Å². The summed E-state index contributed by atoms with van der Waals surface area (Å²) in [4.78, 5) is 48.5. The summed E-state index contributed by atoms with van der Waals surface area (Å²) < 4.78 is 21.9. The number of nitrogens with one attached hydrogen (secondary N) is 3. The van der Waals surface area contributed by atoms with E-state index in [4.69, 9.17) is 18.6 Å². The van der Waals surface area contributed by atoms with Gasteiger partial charge in [-0.05, 0) is 62.2 Å². The minimum absolute atomic E-state index is 0.170. The lowest BCUT2D eigenvalue weighted by molar-refractivity contribution is -0.139. The van der Waals surface area contributed by atoms with E-state index in [0.717, 1.165) is 0 Å². The van der Waals surface area contributed by atoms with Gasteiger partial charge in [-0.1, -0.05) is 18.2 Å². The van der Waals surface area contributed by atoms with Crippen molar-refractivity contribution >= 4 is 30.1 Å². The molecule has 2 heterocycles. The number of amides is 3. The van der Waals surface area contributed by atoms with E-state index in [1.54, 1.807) is 63.2 Å². The molecule has 0 fully saturated rings. The third-order valence-corrected chi connectivity index (χ3v) is 6.48. The van der Waals surface area contributed by atoms with Gasteiger partial charge in [0.15, 0.2) is 18.1 Å². The summed E-state index contributed by atoms with van der Waals surface area (Å²) in [5.41, 5.74) is 4.87. The molecular formula is C30H30N4O9. The van der Waals surface area contributed by atoms with Crippen molar-refractivity contribution in [2.24, 2.45) is 5.10 Å². The second-order valence-electron chi connectivity index (χ2n) is 9.27. The van der Waals surface area contributed by atoms with Crippen LogP contribution in [0, 0.1) is 6.92 Å². The molecule has 0 saturated carbocycles. The van der Waals surface area contributed by atoms with Gasteiger partial charge in [-0.25, -0.2) is 19.8 Å². The van der Waals surface area contributed by atoms with E-state index in [-0.39, 0.29) is 29.2 Å². The molecule has 0 aliphatic carbocycles. The van der Waals surface area contributed by atoms with Gasteiger partial charge in [0.1, 0.15) is 11.5 Å². The predicted octanol–water partition coefficient (Wildman–Crippen LogP) is 3.68. The number of carbonyl (C=O) groups excluding carboxylic acids is 3. The van der Waals surface area contributed by atoms with Gasteiger partial charge in [-0.2, -0.15) is 5.10 Å². The highest BCUT2D eigenvalue weighted by molar-refractivity contribution is 5.95. The molecule has 13 heteroatoms. The minimum Gasteiger partial charge on any atom is -0.493 e. The first-order chi connectivity index (χ1) is 20.6. The molecule has 0 unspecified atom stereocenters. The highest BCUT2D eigenvalue weighted by Gasteiger charge is 2.32. The molecule has 3 amide bonds. The number of nitrogens with zero attached hydrogens (tertiary/aromatic N) is 1. The number of esters is 1. The van der Waals surface area contributed by atoms with Crippen LogP contribution in [0.3, 0.4) is 0 Å². The fourth-order valence-corrected chi connectivity index (χ4v) is 4.45. The Balaban J connectivity index is 1.39. The smallest absolute Gasteiger partial charge is 0.338 e. The van der Waals surface area contributed by atoms with Crippen LogP contribution in [0.1, 0.15) is 47.1 Å². The Kier molecular flexibility index (Phi) is 9.45.